The SMILES string of the molecule is CCc1sc(C(=O)Nc2ccc(CC(=O)O)nc2)cc1C. The van der Waals surface area contributed by atoms with Crippen molar-refractivity contribution >= 4 is 28.9 Å². The number of carboxylic acid groups (broad SMARTS) is 1. The maximum absolute atomic E-state index is 12.1. The summed E-state index contributed by atoms with van der Waals surface area (Å²) >= 11 is 1.49. The van der Waals surface area contributed by atoms with Crippen LogP contribution in [0.5, 0.6) is 0 Å². The third-order valence-corrected chi connectivity index (χ3v) is 4.36. The van der Waals surface area contributed by atoms with Gasteiger partial charge in [-0.2, -0.15) is 0 Å². The van der Waals surface area contributed by atoms with Gasteiger partial charge < -0.3 is 10.4 Å². The van der Waals surface area contributed by atoms with Gasteiger partial charge in [0.2, 0.25) is 0 Å². The van der Waals surface area contributed by atoms with Crippen LogP contribution in [0.4, 0.5) is 5.69 Å². The summed E-state index contributed by atoms with van der Waals surface area (Å²) < 4.78 is 0. The molecule has 0 aliphatic heterocycles. The van der Waals surface area contributed by atoms with Gasteiger partial charge in [0, 0.05) is 4.88 Å². The number of thiophene rings is 1. The number of carbonyl (C=O) groups excluding carboxylic acids is 1. The van der Waals surface area contributed by atoms with E-state index in [0.717, 1.165) is 12.0 Å². The van der Waals surface area contributed by atoms with Crippen LogP contribution in [0.3, 0.4) is 0 Å². The van der Waals surface area contributed by atoms with Gasteiger partial charge in [0.05, 0.1) is 28.9 Å². The smallest absolute Gasteiger partial charge is 0.309 e. The Morgan fingerprint density at radius 2 is 2.14 bits per heavy atom. The van der Waals surface area contributed by atoms with Crippen LogP contribution < -0.4 is 5.32 Å². The Morgan fingerprint density at radius 1 is 1.38 bits per heavy atom. The molecule has 0 radical (unpaired) electrons. The molecule has 2 heterocycles. The van der Waals surface area contributed by atoms with Gasteiger partial charge in [-0.3, -0.25) is 14.6 Å². The van der Waals surface area contributed by atoms with Crippen LogP contribution in [0.15, 0.2) is 24.4 Å². The van der Waals surface area contributed by atoms with E-state index in [-0.39, 0.29) is 12.3 Å². The standard InChI is InChI=1S/C15H16N2O3S/c1-3-12-9(2)6-13(21-12)15(20)17-11-5-4-10(16-8-11)7-14(18)19/h4-6,8H,3,7H2,1-2H3,(H,17,20)(H,18,19). The van der Waals surface area contributed by atoms with Crippen LogP contribution in [-0.4, -0.2) is 22.0 Å². The number of amides is 1. The molecule has 0 saturated heterocycles. The molecule has 0 unspecified atom stereocenters. The molecular weight excluding hydrogens is 288 g/mol. The Balaban J connectivity index is 2.06. The number of carbonyl (C=O) groups is 2. The highest BCUT2D eigenvalue weighted by Crippen LogP contribution is 2.23. The van der Waals surface area contributed by atoms with Crippen LogP contribution in [-0.2, 0) is 17.6 Å². The Labute approximate surface area is 126 Å². The maximum Gasteiger partial charge on any atom is 0.309 e. The summed E-state index contributed by atoms with van der Waals surface area (Å²) in [6.07, 6.45) is 2.25. The number of carboxylic acids is 1. The van der Waals surface area contributed by atoms with E-state index in [1.54, 1.807) is 12.1 Å². The van der Waals surface area contributed by atoms with E-state index < -0.39 is 5.97 Å². The largest absolute Gasteiger partial charge is 0.481 e. The van der Waals surface area contributed by atoms with E-state index >= 15 is 0 Å². The molecule has 0 bridgehead atoms. The lowest BCUT2D eigenvalue weighted by Gasteiger charge is -2.03. The number of aryl methyl sites for hydroxylation is 2. The monoisotopic (exact) mass is 304 g/mol. The van der Waals surface area contributed by atoms with E-state index in [1.807, 2.05) is 13.0 Å². The number of nitrogens with zero attached hydrogens (tertiary/aromatic N) is 1. The fourth-order valence-corrected chi connectivity index (χ4v) is 2.94. The summed E-state index contributed by atoms with van der Waals surface area (Å²) in [6, 6.07) is 5.14. The van der Waals surface area contributed by atoms with Crippen molar-refractivity contribution in [2.45, 2.75) is 26.7 Å². The highest BCUT2D eigenvalue weighted by Gasteiger charge is 2.12. The molecule has 0 aliphatic carbocycles. The normalized spacial score (nSPS) is 10.4. The molecule has 0 aromatic carbocycles. The van der Waals surface area contributed by atoms with Crippen molar-refractivity contribution in [3.8, 4) is 0 Å². The molecule has 0 fully saturated rings. The van der Waals surface area contributed by atoms with Crippen LogP contribution in [0.1, 0.15) is 32.7 Å². The van der Waals surface area contributed by atoms with Crippen LogP contribution >= 0.6 is 11.3 Å². The molecule has 2 rings (SSSR count). The number of pyridine rings is 1. The molecule has 0 saturated carbocycles. The molecule has 2 aromatic heterocycles. The van der Waals surface area contributed by atoms with Gasteiger partial charge in [-0.05, 0) is 37.1 Å². The average Bonchev–Trinajstić information content (AvgIpc) is 2.82. The molecular formula is C15H16N2O3S. The second kappa shape index (κ2) is 6.49. The summed E-state index contributed by atoms with van der Waals surface area (Å²) in [5.74, 6) is -1.10. The lowest BCUT2D eigenvalue weighted by Crippen LogP contribution is -2.11. The first-order chi connectivity index (χ1) is 9.99. The van der Waals surface area contributed by atoms with Crippen molar-refractivity contribution in [3.63, 3.8) is 0 Å². The van der Waals surface area contributed by atoms with Crippen LogP contribution in [0.2, 0.25) is 0 Å². The number of aliphatic carboxylic acids is 1. The zero-order valence-electron chi connectivity index (χ0n) is 11.8. The first kappa shape index (κ1) is 15.2. The molecule has 0 aliphatic rings. The third kappa shape index (κ3) is 3.88. The number of hydrogen-bond donors (Lipinski definition) is 2. The maximum atomic E-state index is 12.1. The van der Waals surface area contributed by atoms with Crippen LogP contribution in [0, 0.1) is 6.92 Å². The summed E-state index contributed by atoms with van der Waals surface area (Å²) in [5.41, 5.74) is 2.14. The van der Waals surface area contributed by atoms with Crippen molar-refractivity contribution in [1.29, 1.82) is 0 Å². The van der Waals surface area contributed by atoms with Crippen molar-refractivity contribution in [3.05, 3.63) is 45.4 Å². The molecule has 21 heavy (non-hydrogen) atoms. The first-order valence-corrected chi connectivity index (χ1v) is 7.38. The van der Waals surface area contributed by atoms with Gasteiger partial charge in [0.25, 0.3) is 5.91 Å². The highest BCUT2D eigenvalue weighted by molar-refractivity contribution is 7.14. The van der Waals surface area contributed by atoms with E-state index in [9.17, 15) is 9.59 Å². The molecule has 6 heteroatoms. The molecule has 0 spiro atoms. The minimum absolute atomic E-state index is 0.127. The fourth-order valence-electron chi connectivity index (χ4n) is 1.93. The zero-order chi connectivity index (χ0) is 15.4. The Bertz CT molecular complexity index is 662. The van der Waals surface area contributed by atoms with E-state index in [2.05, 4.69) is 17.2 Å². The van der Waals surface area contributed by atoms with Gasteiger partial charge in [-0.1, -0.05) is 6.92 Å². The second-order valence-corrected chi connectivity index (χ2v) is 5.77. The van der Waals surface area contributed by atoms with Gasteiger partial charge in [-0.15, -0.1) is 11.3 Å². The number of anilines is 1. The van der Waals surface area contributed by atoms with E-state index in [0.29, 0.717) is 16.3 Å². The minimum atomic E-state index is -0.930. The Morgan fingerprint density at radius 3 is 2.67 bits per heavy atom. The molecule has 2 N–H and O–H groups in total. The lowest BCUT2D eigenvalue weighted by molar-refractivity contribution is -0.136. The number of nitrogens with one attached hydrogen (secondary N) is 1. The Kier molecular flexibility index (Phi) is 4.70. The van der Waals surface area contributed by atoms with Crippen molar-refractivity contribution < 1.29 is 14.7 Å². The topological polar surface area (TPSA) is 79.3 Å². The van der Waals surface area contributed by atoms with E-state index in [4.69, 9.17) is 5.11 Å². The van der Waals surface area contributed by atoms with E-state index in [1.165, 1.54) is 22.4 Å². The summed E-state index contributed by atoms with van der Waals surface area (Å²) in [5, 5.41) is 11.4. The molecule has 110 valence electrons. The molecule has 5 nitrogen and oxygen atoms in total. The highest BCUT2D eigenvalue weighted by atomic mass is 32.1. The average molecular weight is 304 g/mol. The minimum Gasteiger partial charge on any atom is -0.481 e. The van der Waals surface area contributed by atoms with Gasteiger partial charge in [0.1, 0.15) is 0 Å². The zero-order valence-corrected chi connectivity index (χ0v) is 12.7. The predicted octanol–water partition coefficient (Wildman–Crippen LogP) is 2.89. The summed E-state index contributed by atoms with van der Waals surface area (Å²) in [4.78, 5) is 28.6. The van der Waals surface area contributed by atoms with Gasteiger partial charge in [-0.25, -0.2) is 0 Å². The molecule has 1 amide bonds. The fraction of sp³-hybridized carbons (Fsp3) is 0.267. The summed E-state index contributed by atoms with van der Waals surface area (Å²) in [6.45, 7) is 4.06. The second-order valence-electron chi connectivity index (χ2n) is 4.63. The van der Waals surface area contributed by atoms with Crippen molar-refractivity contribution in [2.75, 3.05) is 5.32 Å². The number of hydrogen-bond acceptors (Lipinski definition) is 4. The lowest BCUT2D eigenvalue weighted by atomic mass is 10.2. The van der Waals surface area contributed by atoms with Gasteiger partial charge in [0.15, 0.2) is 0 Å². The molecule has 2 aromatic rings. The first-order valence-electron chi connectivity index (χ1n) is 6.57. The third-order valence-electron chi connectivity index (χ3n) is 2.98. The number of aromatic nitrogens is 1. The van der Waals surface area contributed by atoms with Crippen LogP contribution in [0.25, 0.3) is 0 Å². The van der Waals surface area contributed by atoms with Crippen molar-refractivity contribution in [2.24, 2.45) is 0 Å². The Hall–Kier alpha value is -2.21. The predicted molar refractivity (Wildman–Crippen MR) is 82.0 cm³/mol. The van der Waals surface area contributed by atoms with Crippen molar-refractivity contribution in [1.82, 2.24) is 4.98 Å². The molecule has 0 atom stereocenters. The quantitative estimate of drug-likeness (QED) is 0.890. The summed E-state index contributed by atoms with van der Waals surface area (Å²) in [7, 11) is 0. The van der Waals surface area contributed by atoms with Gasteiger partial charge >= 0.3 is 5.97 Å². The number of rotatable bonds is 5.